The zero-order chi connectivity index (χ0) is 47.5. The van der Waals surface area contributed by atoms with Crippen molar-refractivity contribution in [3.63, 3.8) is 0 Å². The summed E-state index contributed by atoms with van der Waals surface area (Å²) >= 11 is 0. The molecule has 8 rings (SSSR count). The number of aromatic nitrogens is 3. The first kappa shape index (κ1) is 46.2. The van der Waals surface area contributed by atoms with Crippen LogP contribution in [0.5, 0.6) is 0 Å². The van der Waals surface area contributed by atoms with E-state index in [0.29, 0.717) is 0 Å². The molecule has 3 nitrogen and oxygen atoms in total. The molecular formula is C63H69N3. The second-order valence-corrected chi connectivity index (χ2v) is 22.8. The lowest BCUT2D eigenvalue weighted by Gasteiger charge is -2.22. The Kier molecular flexibility index (Phi) is 12.0. The van der Waals surface area contributed by atoms with E-state index in [0.717, 1.165) is 39.6 Å². The summed E-state index contributed by atoms with van der Waals surface area (Å²) < 4.78 is 2.06. The van der Waals surface area contributed by atoms with Crippen LogP contribution in [0.15, 0.2) is 146 Å². The van der Waals surface area contributed by atoms with Crippen molar-refractivity contribution in [1.29, 1.82) is 0 Å². The summed E-state index contributed by atoms with van der Waals surface area (Å²) in [5, 5.41) is 5.07. The van der Waals surface area contributed by atoms with E-state index in [2.05, 4.69) is 247 Å². The van der Waals surface area contributed by atoms with Gasteiger partial charge in [-0.1, -0.05) is 186 Å². The first-order valence-electron chi connectivity index (χ1n) is 23.7. The van der Waals surface area contributed by atoms with Crippen LogP contribution in [0.2, 0.25) is 0 Å². The van der Waals surface area contributed by atoms with Crippen molar-refractivity contribution in [2.45, 2.75) is 126 Å². The predicted molar refractivity (Wildman–Crippen MR) is 283 cm³/mol. The average Bonchev–Trinajstić information content (AvgIpc) is 3.65. The van der Waals surface area contributed by atoms with Crippen LogP contribution < -0.4 is 0 Å². The lowest BCUT2D eigenvalue weighted by Crippen LogP contribution is -2.11. The maximum absolute atomic E-state index is 5.09. The van der Waals surface area contributed by atoms with Gasteiger partial charge in [-0.2, -0.15) is 5.10 Å². The predicted octanol–water partition coefficient (Wildman–Crippen LogP) is 17.4. The first-order valence-corrected chi connectivity index (χ1v) is 23.7. The van der Waals surface area contributed by atoms with Gasteiger partial charge in [-0.15, -0.1) is 0 Å². The number of rotatable bonds is 7. The molecule has 1 aromatic heterocycles. The fraction of sp³-hybridized carbons (Fsp3) is 0.302. The molecule has 0 radical (unpaired) electrons. The van der Waals surface area contributed by atoms with Gasteiger partial charge in [0, 0.05) is 5.56 Å². The smallest absolute Gasteiger partial charge is 0.163 e. The van der Waals surface area contributed by atoms with Crippen molar-refractivity contribution in [3.05, 3.63) is 185 Å². The third-order valence-electron chi connectivity index (χ3n) is 13.2. The van der Waals surface area contributed by atoms with E-state index in [4.69, 9.17) is 10.1 Å². The van der Waals surface area contributed by atoms with E-state index in [9.17, 15) is 0 Å². The van der Waals surface area contributed by atoms with E-state index in [1.807, 2.05) is 6.92 Å². The number of benzene rings is 7. The third-order valence-corrected chi connectivity index (χ3v) is 13.2. The molecule has 0 bridgehead atoms. The fourth-order valence-electron chi connectivity index (χ4n) is 9.06. The first-order chi connectivity index (χ1) is 30.9. The number of aryl methyl sites for hydroxylation is 3. The molecule has 1 heterocycles. The summed E-state index contributed by atoms with van der Waals surface area (Å²) in [4.78, 5) is 5.09. The summed E-state index contributed by atoms with van der Waals surface area (Å²) in [7, 11) is 0. The van der Waals surface area contributed by atoms with E-state index in [-0.39, 0.29) is 21.7 Å². The lowest BCUT2D eigenvalue weighted by molar-refractivity contribution is 0.590. The van der Waals surface area contributed by atoms with Crippen molar-refractivity contribution >= 4 is 0 Å². The topological polar surface area (TPSA) is 30.7 Å². The van der Waals surface area contributed by atoms with Crippen LogP contribution in [-0.2, 0) is 21.7 Å². The molecule has 0 aliphatic rings. The van der Waals surface area contributed by atoms with Gasteiger partial charge in [0.05, 0.1) is 5.69 Å². The molecule has 7 aromatic carbocycles. The standard InChI is InChI=1S/C63H69N3/c1-40-31-48(51-35-49(43-19-25-54(26-20-43)60(4,5)6)34-50(36-51)44-21-27-55(28-22-44)61(7,8)9)32-41(2)58(40)66-59(64-42(3)65-66)47-18-16-17-46(33-47)53-37-52(38-57(39-53)63(13,14)15)45-23-29-56(30-24-45)62(10,11)12/h16-39H,1-15H3. The molecule has 0 aliphatic carbocycles. The number of hydrogen-bond donors (Lipinski definition) is 0. The fourth-order valence-corrected chi connectivity index (χ4v) is 9.06. The maximum atomic E-state index is 5.09. The van der Waals surface area contributed by atoms with E-state index in [1.54, 1.807) is 0 Å². The summed E-state index contributed by atoms with van der Waals surface area (Å²) in [5.41, 5.74) is 21.9. The Labute approximate surface area is 396 Å². The van der Waals surface area contributed by atoms with Gasteiger partial charge < -0.3 is 0 Å². The maximum Gasteiger partial charge on any atom is 0.163 e. The quantitative estimate of drug-likeness (QED) is 0.160. The summed E-state index contributed by atoms with van der Waals surface area (Å²) in [6, 6.07) is 54.9. The van der Waals surface area contributed by atoms with Gasteiger partial charge >= 0.3 is 0 Å². The van der Waals surface area contributed by atoms with Gasteiger partial charge in [0.1, 0.15) is 5.82 Å². The van der Waals surface area contributed by atoms with E-state index < -0.39 is 0 Å². The van der Waals surface area contributed by atoms with Crippen LogP contribution in [0.25, 0.3) is 72.7 Å². The molecule has 0 saturated heterocycles. The average molecular weight is 868 g/mol. The Morgan fingerprint density at radius 1 is 0.318 bits per heavy atom. The second kappa shape index (κ2) is 17.2. The molecule has 0 saturated carbocycles. The lowest BCUT2D eigenvalue weighted by atomic mass is 9.82. The molecular weight excluding hydrogens is 799 g/mol. The molecule has 0 N–H and O–H groups in total. The Morgan fingerprint density at radius 2 is 0.636 bits per heavy atom. The molecule has 0 aliphatic heterocycles. The highest BCUT2D eigenvalue weighted by atomic mass is 15.4. The Balaban J connectivity index is 1.19. The highest BCUT2D eigenvalue weighted by Gasteiger charge is 2.22. The monoisotopic (exact) mass is 868 g/mol. The molecule has 8 aromatic rings. The number of hydrogen-bond acceptors (Lipinski definition) is 2. The van der Waals surface area contributed by atoms with Gasteiger partial charge in [0.15, 0.2) is 5.82 Å². The Morgan fingerprint density at radius 3 is 1.03 bits per heavy atom. The molecule has 3 heteroatoms. The molecule has 66 heavy (non-hydrogen) atoms. The van der Waals surface area contributed by atoms with Gasteiger partial charge in [0.25, 0.3) is 0 Å². The van der Waals surface area contributed by atoms with Crippen LogP contribution in [0.1, 0.15) is 122 Å². The van der Waals surface area contributed by atoms with Crippen molar-refractivity contribution in [2.24, 2.45) is 0 Å². The van der Waals surface area contributed by atoms with Gasteiger partial charge in [0.2, 0.25) is 0 Å². The third kappa shape index (κ3) is 9.78. The van der Waals surface area contributed by atoms with Crippen molar-refractivity contribution in [1.82, 2.24) is 14.8 Å². The van der Waals surface area contributed by atoms with E-state index >= 15 is 0 Å². The summed E-state index contributed by atoms with van der Waals surface area (Å²) in [6.07, 6.45) is 0. The molecule has 0 fully saturated rings. The normalized spacial score (nSPS) is 12.5. The van der Waals surface area contributed by atoms with Crippen LogP contribution in [-0.4, -0.2) is 14.8 Å². The van der Waals surface area contributed by atoms with Crippen molar-refractivity contribution in [3.8, 4) is 72.7 Å². The Bertz CT molecular complexity index is 2940. The van der Waals surface area contributed by atoms with E-state index in [1.165, 1.54) is 72.3 Å². The minimum Gasteiger partial charge on any atom is -0.212 e. The number of nitrogens with zero attached hydrogens (tertiary/aromatic N) is 3. The summed E-state index contributed by atoms with van der Waals surface area (Å²) in [6.45, 7) is 33.7. The zero-order valence-electron chi connectivity index (χ0n) is 42.2. The largest absolute Gasteiger partial charge is 0.212 e. The van der Waals surface area contributed by atoms with Gasteiger partial charge in [-0.3, -0.25) is 0 Å². The molecule has 0 spiro atoms. The second-order valence-electron chi connectivity index (χ2n) is 22.8. The highest BCUT2D eigenvalue weighted by molar-refractivity contribution is 5.83. The van der Waals surface area contributed by atoms with Crippen LogP contribution in [0.3, 0.4) is 0 Å². The van der Waals surface area contributed by atoms with Crippen LogP contribution in [0, 0.1) is 20.8 Å². The molecule has 0 amide bonds. The minimum absolute atomic E-state index is 0.0233. The van der Waals surface area contributed by atoms with Crippen LogP contribution in [0.4, 0.5) is 0 Å². The van der Waals surface area contributed by atoms with Gasteiger partial charge in [-0.05, 0) is 174 Å². The molecule has 336 valence electrons. The zero-order valence-corrected chi connectivity index (χ0v) is 42.2. The SMILES string of the molecule is Cc1nc(-c2cccc(-c3cc(-c4ccc(C(C)(C)C)cc4)cc(C(C)(C)C)c3)c2)n(-c2c(C)cc(-c3cc(-c4ccc(C(C)(C)C)cc4)cc(-c4ccc(C(C)(C)C)cc4)c3)cc2C)n1. The molecule has 0 unspecified atom stereocenters. The molecule has 0 atom stereocenters. The van der Waals surface area contributed by atoms with Crippen molar-refractivity contribution < 1.29 is 0 Å². The highest BCUT2D eigenvalue weighted by Crippen LogP contribution is 2.39. The van der Waals surface area contributed by atoms with Crippen molar-refractivity contribution in [2.75, 3.05) is 0 Å². The van der Waals surface area contributed by atoms with Crippen LogP contribution >= 0.6 is 0 Å². The van der Waals surface area contributed by atoms with Gasteiger partial charge in [-0.25, -0.2) is 9.67 Å². The minimum atomic E-state index is -0.0233. The Hall–Kier alpha value is -6.32. The summed E-state index contributed by atoms with van der Waals surface area (Å²) in [5.74, 6) is 1.57.